The molecule has 5 aliphatic rings. The van der Waals surface area contributed by atoms with Gasteiger partial charge in [-0.25, -0.2) is 3.93 Å². The van der Waals surface area contributed by atoms with Crippen molar-refractivity contribution in [3.63, 3.8) is 0 Å². The minimum absolute atomic E-state index is 0.0331. The van der Waals surface area contributed by atoms with Crippen molar-refractivity contribution in [3.05, 3.63) is 68.6 Å². The smallest absolute Gasteiger partial charge is 0.272 e. The van der Waals surface area contributed by atoms with Crippen molar-refractivity contribution in [2.75, 3.05) is 0 Å². The largest absolute Gasteiger partial charge is 0.336 e. The summed E-state index contributed by atoms with van der Waals surface area (Å²) in [5.74, 6) is -0.214. The zero-order chi connectivity index (χ0) is 29.9. The Labute approximate surface area is 270 Å². The van der Waals surface area contributed by atoms with E-state index in [0.29, 0.717) is 18.6 Å². The maximum absolute atomic E-state index is 12.0. The molecule has 4 fully saturated rings. The highest BCUT2D eigenvalue weighted by Gasteiger charge is 2.45. The third-order valence-corrected chi connectivity index (χ3v) is 9.98. The molecule has 222 valence electrons. The summed E-state index contributed by atoms with van der Waals surface area (Å²) in [6.45, 7) is 0. The highest BCUT2D eigenvalue weighted by molar-refractivity contribution is 9.10. The fraction of sp³-hybridized carbons (Fsp3) is 0.433. The summed E-state index contributed by atoms with van der Waals surface area (Å²) in [6.07, 6.45) is 9.43. The number of rotatable bonds is 2. The summed E-state index contributed by atoms with van der Waals surface area (Å²) in [5, 5.41) is 9.64. The van der Waals surface area contributed by atoms with Gasteiger partial charge in [0.05, 0.1) is 21.8 Å². The van der Waals surface area contributed by atoms with Gasteiger partial charge < -0.3 is 10.6 Å². The van der Waals surface area contributed by atoms with E-state index in [1.165, 1.54) is 12.8 Å². The summed E-state index contributed by atoms with van der Waals surface area (Å²) in [4.78, 5) is 49.5. The van der Waals surface area contributed by atoms with Crippen LogP contribution in [0, 0.1) is 0 Å². The Morgan fingerprint density at radius 3 is 1.79 bits per heavy atom. The van der Waals surface area contributed by atoms with Crippen molar-refractivity contribution in [3.8, 4) is 0 Å². The van der Waals surface area contributed by atoms with Crippen LogP contribution < -0.4 is 16.0 Å². The Kier molecular flexibility index (Phi) is 9.66. The molecule has 2 aromatic rings. The number of imide groups is 1. The zero-order valence-corrected chi connectivity index (χ0v) is 27.7. The summed E-state index contributed by atoms with van der Waals surface area (Å²) < 4.78 is 3.03. The normalized spacial score (nSPS) is 23.4. The molecule has 2 aromatic carbocycles. The van der Waals surface area contributed by atoms with E-state index in [4.69, 9.17) is 0 Å². The van der Waals surface area contributed by atoms with E-state index in [9.17, 15) is 19.2 Å². The Morgan fingerprint density at radius 1 is 0.738 bits per heavy atom. The highest BCUT2D eigenvalue weighted by Crippen LogP contribution is 2.35. The fourth-order valence-electron chi connectivity index (χ4n) is 5.94. The van der Waals surface area contributed by atoms with Gasteiger partial charge in [-0.3, -0.25) is 29.5 Å². The number of hydrogen-bond acceptors (Lipinski definition) is 6. The first-order chi connectivity index (χ1) is 20.1. The van der Waals surface area contributed by atoms with E-state index in [1.54, 1.807) is 0 Å². The van der Waals surface area contributed by atoms with Crippen LogP contribution in [0.2, 0.25) is 0 Å². The molecule has 0 radical (unpaired) electrons. The van der Waals surface area contributed by atoms with Crippen LogP contribution in [-0.2, 0) is 19.2 Å². The molecule has 7 rings (SSSR count). The third-order valence-electron chi connectivity index (χ3n) is 8.13. The van der Waals surface area contributed by atoms with Crippen LogP contribution >= 0.6 is 48.0 Å². The molecule has 2 saturated heterocycles. The molecule has 1 atom stereocenters. The van der Waals surface area contributed by atoms with Crippen molar-refractivity contribution in [2.45, 2.75) is 81.6 Å². The van der Waals surface area contributed by atoms with Gasteiger partial charge in [-0.2, -0.15) is 0 Å². The van der Waals surface area contributed by atoms with E-state index in [1.807, 2.05) is 48.5 Å². The molecule has 42 heavy (non-hydrogen) atoms. The number of hydrogen-bond donors (Lipinski definition) is 3. The summed E-state index contributed by atoms with van der Waals surface area (Å²) in [6, 6.07) is 15.5. The average molecular weight is 766 g/mol. The lowest BCUT2D eigenvalue weighted by Gasteiger charge is -2.23. The lowest BCUT2D eigenvalue weighted by Crippen LogP contribution is -2.46. The second kappa shape index (κ2) is 13.1. The standard InChI is InChI=1S/C13H15BrN2O.C13H13BrN2O.C4H4BrNO2/c2*14-10-5-3-9(4-6-10)11-12(17)16-13(15-11)7-1-2-8-13;5-6-3(7)1-2-4(6)8/h3-6,11,15H,1-2,7-8H2,(H,16,17);3-6H,1-2,7-8H2,(H,16,17);1-2H2. The molecule has 9 nitrogen and oxygen atoms in total. The molecule has 3 heterocycles. The molecular weight excluding hydrogens is 734 g/mol. The number of aliphatic imine (C=N–C) groups is 1. The van der Waals surface area contributed by atoms with Gasteiger partial charge >= 0.3 is 0 Å². The van der Waals surface area contributed by atoms with Crippen LogP contribution in [-0.4, -0.2) is 44.6 Å². The second-order valence-corrected chi connectivity index (χ2v) is 13.7. The van der Waals surface area contributed by atoms with Gasteiger partial charge in [-0.15, -0.1) is 0 Å². The quantitative estimate of drug-likeness (QED) is 0.273. The topological polar surface area (TPSA) is 120 Å². The number of carbonyl (C=O) groups excluding carboxylic acids is 4. The van der Waals surface area contributed by atoms with Gasteiger partial charge in [-0.05, 0) is 81.2 Å². The van der Waals surface area contributed by atoms with Crippen molar-refractivity contribution in [1.82, 2.24) is 19.9 Å². The number of carbonyl (C=O) groups is 4. The Bertz CT molecular complexity index is 1370. The molecule has 1 unspecified atom stereocenters. The number of benzene rings is 2. The van der Waals surface area contributed by atoms with Gasteiger partial charge in [0.25, 0.3) is 5.91 Å². The van der Waals surface area contributed by atoms with E-state index in [2.05, 4.69) is 68.9 Å². The lowest BCUT2D eigenvalue weighted by molar-refractivity contribution is -0.131. The summed E-state index contributed by atoms with van der Waals surface area (Å²) in [5.41, 5.74) is 2.09. The van der Waals surface area contributed by atoms with Gasteiger partial charge in [0, 0.05) is 27.4 Å². The Morgan fingerprint density at radius 2 is 1.26 bits per heavy atom. The summed E-state index contributed by atoms with van der Waals surface area (Å²) >= 11 is 9.60. The molecule has 3 aliphatic heterocycles. The fourth-order valence-corrected chi connectivity index (χ4v) is 6.82. The molecule has 2 saturated carbocycles. The van der Waals surface area contributed by atoms with Crippen molar-refractivity contribution in [2.24, 2.45) is 4.99 Å². The Hall–Kier alpha value is -2.41. The SMILES string of the molecule is O=C1CCC(=O)N1Br.O=C1NC2(CCCC2)N=C1c1ccc(Br)cc1.O=C1NC2(CCCC2)NC1c1ccc(Br)cc1. The van der Waals surface area contributed by atoms with Crippen LogP contribution in [0.5, 0.6) is 0 Å². The van der Waals surface area contributed by atoms with Crippen LogP contribution in [0.1, 0.15) is 81.4 Å². The average Bonchev–Trinajstić information content (AvgIpc) is 3.81. The maximum atomic E-state index is 12.0. The minimum Gasteiger partial charge on any atom is -0.336 e. The highest BCUT2D eigenvalue weighted by atomic mass is 79.9. The van der Waals surface area contributed by atoms with Gasteiger partial charge in [0.2, 0.25) is 17.7 Å². The van der Waals surface area contributed by atoms with Gasteiger partial charge in [-0.1, -0.05) is 56.1 Å². The monoisotopic (exact) mass is 763 g/mol. The molecule has 0 bridgehead atoms. The second-order valence-electron chi connectivity index (χ2n) is 11.1. The lowest BCUT2D eigenvalue weighted by atomic mass is 10.1. The van der Waals surface area contributed by atoms with E-state index in [0.717, 1.165) is 62.5 Å². The first-order valence-electron chi connectivity index (χ1n) is 14.1. The maximum Gasteiger partial charge on any atom is 0.272 e. The number of halogens is 3. The minimum atomic E-state index is -0.292. The number of nitrogens with one attached hydrogen (secondary N) is 3. The van der Waals surface area contributed by atoms with Crippen molar-refractivity contribution >= 4 is 77.3 Å². The van der Waals surface area contributed by atoms with E-state index < -0.39 is 0 Å². The van der Waals surface area contributed by atoms with Crippen LogP contribution in [0.25, 0.3) is 0 Å². The van der Waals surface area contributed by atoms with Gasteiger partial charge in [0.15, 0.2) is 0 Å². The number of nitrogens with zero attached hydrogens (tertiary/aromatic N) is 2. The van der Waals surface area contributed by atoms with Gasteiger partial charge in [0.1, 0.15) is 17.4 Å². The predicted octanol–water partition coefficient (Wildman–Crippen LogP) is 5.56. The van der Waals surface area contributed by atoms with Crippen molar-refractivity contribution in [1.29, 1.82) is 0 Å². The molecule has 0 aromatic heterocycles. The zero-order valence-electron chi connectivity index (χ0n) is 22.9. The van der Waals surface area contributed by atoms with Crippen LogP contribution in [0.3, 0.4) is 0 Å². The molecular formula is C30H32Br3N5O4. The number of amides is 4. The molecule has 4 amide bonds. The van der Waals surface area contributed by atoms with E-state index in [-0.39, 0.29) is 41.0 Å². The first kappa shape index (κ1) is 31.0. The van der Waals surface area contributed by atoms with E-state index >= 15 is 0 Å². The predicted molar refractivity (Wildman–Crippen MR) is 169 cm³/mol. The first-order valence-corrected chi connectivity index (χ1v) is 16.4. The molecule has 3 N–H and O–H groups in total. The third kappa shape index (κ3) is 7.03. The molecule has 2 aliphatic carbocycles. The summed E-state index contributed by atoms with van der Waals surface area (Å²) in [7, 11) is 0. The Balaban J connectivity index is 0.000000135. The van der Waals surface area contributed by atoms with Crippen LogP contribution in [0.4, 0.5) is 0 Å². The molecule has 12 heteroatoms. The molecule has 2 spiro atoms. The van der Waals surface area contributed by atoms with Crippen LogP contribution in [0.15, 0.2) is 62.5 Å². The van der Waals surface area contributed by atoms with Crippen molar-refractivity contribution < 1.29 is 19.2 Å².